The number of aryl methyl sites for hydroxylation is 2. The lowest BCUT2D eigenvalue weighted by Gasteiger charge is -2.02. The van der Waals surface area contributed by atoms with Crippen molar-refractivity contribution in [3.63, 3.8) is 0 Å². The highest BCUT2D eigenvalue weighted by Gasteiger charge is 2.25. The van der Waals surface area contributed by atoms with Crippen LogP contribution in [0.1, 0.15) is 17.9 Å². The fraction of sp³-hybridized carbons (Fsp3) is 0.571. The number of nitrogens with two attached hydrogens (primary N) is 1. The van der Waals surface area contributed by atoms with Gasteiger partial charge in [0.05, 0.1) is 5.69 Å². The Balaban J connectivity index is 2.70. The van der Waals surface area contributed by atoms with Gasteiger partial charge in [0.25, 0.3) is 10.0 Å². The van der Waals surface area contributed by atoms with Gasteiger partial charge in [-0.3, -0.25) is 0 Å². The summed E-state index contributed by atoms with van der Waals surface area (Å²) in [6.45, 7) is 2.38. The summed E-state index contributed by atoms with van der Waals surface area (Å²) in [5.74, 6) is 0.835. The zero-order valence-electron chi connectivity index (χ0n) is 7.32. The number of hydrogen-bond donors (Lipinski definition) is 1. The lowest BCUT2D eigenvalue weighted by Crippen LogP contribution is -2.17. The molecule has 0 amide bonds. The molecule has 2 N–H and O–H groups in total. The Morgan fingerprint density at radius 2 is 2.23 bits per heavy atom. The molecular formula is C7H11N3O2S. The van der Waals surface area contributed by atoms with Crippen molar-refractivity contribution in [3.05, 3.63) is 11.5 Å². The Kier molecular flexibility index (Phi) is 1.71. The number of hydrogen-bond acceptors (Lipinski definition) is 3. The van der Waals surface area contributed by atoms with Crippen LogP contribution in [0, 0.1) is 6.92 Å². The summed E-state index contributed by atoms with van der Waals surface area (Å²) in [5, 5.41) is 5.27. The van der Waals surface area contributed by atoms with Gasteiger partial charge >= 0.3 is 0 Å². The predicted molar refractivity (Wildman–Crippen MR) is 46.7 cm³/mol. The fourth-order valence-corrected chi connectivity index (χ4v) is 2.75. The van der Waals surface area contributed by atoms with E-state index in [0.29, 0.717) is 12.2 Å². The maximum atomic E-state index is 11.2. The molecule has 0 saturated carbocycles. The van der Waals surface area contributed by atoms with E-state index in [1.54, 1.807) is 11.5 Å². The first kappa shape index (κ1) is 8.71. The minimum absolute atomic E-state index is 0.181. The van der Waals surface area contributed by atoms with Gasteiger partial charge in [-0.15, -0.1) is 0 Å². The highest BCUT2D eigenvalue weighted by atomic mass is 32.2. The minimum Gasteiger partial charge on any atom is -0.318 e. The molecular weight excluding hydrogens is 190 g/mol. The average molecular weight is 201 g/mol. The molecule has 2 heterocycles. The molecule has 72 valence electrons. The van der Waals surface area contributed by atoms with Crippen molar-refractivity contribution in [1.29, 1.82) is 0 Å². The molecule has 0 saturated heterocycles. The van der Waals surface area contributed by atoms with Crippen molar-refractivity contribution in [2.45, 2.75) is 31.3 Å². The van der Waals surface area contributed by atoms with Crippen LogP contribution in [0.4, 0.5) is 0 Å². The quantitative estimate of drug-likeness (QED) is 0.682. The molecule has 0 radical (unpaired) electrons. The van der Waals surface area contributed by atoms with Crippen LogP contribution in [0.25, 0.3) is 0 Å². The van der Waals surface area contributed by atoms with Crippen molar-refractivity contribution >= 4 is 10.0 Å². The van der Waals surface area contributed by atoms with E-state index in [0.717, 1.165) is 18.7 Å². The van der Waals surface area contributed by atoms with Gasteiger partial charge in [-0.1, -0.05) is 0 Å². The second kappa shape index (κ2) is 2.55. The van der Waals surface area contributed by atoms with E-state index in [-0.39, 0.29) is 5.03 Å². The summed E-state index contributed by atoms with van der Waals surface area (Å²) < 4.78 is 24.1. The monoisotopic (exact) mass is 201 g/mol. The van der Waals surface area contributed by atoms with Gasteiger partial charge in [-0.25, -0.2) is 18.5 Å². The molecule has 6 heteroatoms. The van der Waals surface area contributed by atoms with Gasteiger partial charge in [0.1, 0.15) is 5.82 Å². The molecule has 0 fully saturated rings. The summed E-state index contributed by atoms with van der Waals surface area (Å²) in [5.41, 5.74) is 0.511. The van der Waals surface area contributed by atoms with Gasteiger partial charge in [-0.05, 0) is 13.3 Å². The number of nitrogens with zero attached hydrogens (tertiary/aromatic N) is 2. The summed E-state index contributed by atoms with van der Waals surface area (Å²) in [6.07, 6.45) is 1.79. The molecule has 0 bridgehead atoms. The molecule has 1 aliphatic rings. The zero-order chi connectivity index (χ0) is 9.64. The number of imidazole rings is 1. The van der Waals surface area contributed by atoms with Gasteiger partial charge in [-0.2, -0.15) is 0 Å². The molecule has 13 heavy (non-hydrogen) atoms. The Labute approximate surface area is 76.6 Å². The Morgan fingerprint density at radius 3 is 2.85 bits per heavy atom. The van der Waals surface area contributed by atoms with E-state index in [2.05, 4.69) is 4.98 Å². The normalized spacial score (nSPS) is 16.2. The molecule has 2 rings (SSSR count). The maximum absolute atomic E-state index is 11.2. The topological polar surface area (TPSA) is 78.0 Å². The lowest BCUT2D eigenvalue weighted by molar-refractivity contribution is 0.578. The Bertz CT molecular complexity index is 447. The maximum Gasteiger partial charge on any atom is 0.255 e. The largest absolute Gasteiger partial charge is 0.318 e. The number of aromatic nitrogens is 2. The second-order valence-electron chi connectivity index (χ2n) is 3.22. The van der Waals surface area contributed by atoms with Gasteiger partial charge in [0, 0.05) is 13.0 Å². The third kappa shape index (κ3) is 1.26. The fourth-order valence-electron chi connectivity index (χ4n) is 1.79. The van der Waals surface area contributed by atoms with Crippen LogP contribution in [0.2, 0.25) is 0 Å². The van der Waals surface area contributed by atoms with E-state index in [9.17, 15) is 8.42 Å². The van der Waals surface area contributed by atoms with Gasteiger partial charge in [0.15, 0.2) is 5.03 Å². The van der Waals surface area contributed by atoms with E-state index in [4.69, 9.17) is 5.14 Å². The Morgan fingerprint density at radius 1 is 1.54 bits per heavy atom. The van der Waals surface area contributed by atoms with E-state index in [1.165, 1.54) is 0 Å². The molecule has 5 nitrogen and oxygen atoms in total. The Hall–Kier alpha value is -0.880. The SMILES string of the molecule is Cc1nc2n(c1S(N)(=O)=O)CCC2. The highest BCUT2D eigenvalue weighted by molar-refractivity contribution is 7.89. The van der Waals surface area contributed by atoms with Gasteiger partial charge in [0.2, 0.25) is 0 Å². The van der Waals surface area contributed by atoms with Crippen molar-refractivity contribution in [2.75, 3.05) is 0 Å². The van der Waals surface area contributed by atoms with Crippen molar-refractivity contribution in [3.8, 4) is 0 Å². The van der Waals surface area contributed by atoms with Crippen molar-refractivity contribution < 1.29 is 8.42 Å². The molecule has 0 atom stereocenters. The molecule has 1 aliphatic heterocycles. The molecule has 0 aromatic carbocycles. The predicted octanol–water partition coefficient (Wildman–Crippen LogP) is -0.215. The number of primary sulfonamides is 1. The van der Waals surface area contributed by atoms with Crippen molar-refractivity contribution in [2.24, 2.45) is 5.14 Å². The van der Waals surface area contributed by atoms with Gasteiger partial charge < -0.3 is 4.57 Å². The number of rotatable bonds is 1. The van der Waals surface area contributed by atoms with Crippen LogP contribution in [0.5, 0.6) is 0 Å². The third-order valence-electron chi connectivity index (χ3n) is 2.21. The number of fused-ring (bicyclic) bond motifs is 1. The van der Waals surface area contributed by atoms with Crippen LogP contribution in [-0.4, -0.2) is 18.0 Å². The van der Waals surface area contributed by atoms with Crippen LogP contribution < -0.4 is 5.14 Å². The molecule has 1 aromatic heterocycles. The summed E-state index contributed by atoms with van der Waals surface area (Å²) in [6, 6.07) is 0. The summed E-state index contributed by atoms with van der Waals surface area (Å²) in [7, 11) is -3.61. The van der Waals surface area contributed by atoms with E-state index >= 15 is 0 Å². The second-order valence-corrected chi connectivity index (χ2v) is 4.70. The first-order chi connectivity index (χ1) is 6.00. The summed E-state index contributed by atoms with van der Waals surface area (Å²) >= 11 is 0. The molecule has 0 unspecified atom stereocenters. The van der Waals surface area contributed by atoms with Crippen molar-refractivity contribution in [1.82, 2.24) is 9.55 Å². The smallest absolute Gasteiger partial charge is 0.255 e. The molecule has 0 aliphatic carbocycles. The molecule has 1 aromatic rings. The number of sulfonamides is 1. The van der Waals surface area contributed by atoms with Crippen LogP contribution in [0.15, 0.2) is 5.03 Å². The van der Waals surface area contributed by atoms with E-state index < -0.39 is 10.0 Å². The molecule has 0 spiro atoms. The average Bonchev–Trinajstić information content (AvgIpc) is 2.41. The lowest BCUT2D eigenvalue weighted by atomic mass is 10.4. The van der Waals surface area contributed by atoms with E-state index in [1.807, 2.05) is 0 Å². The van der Waals surface area contributed by atoms with Crippen LogP contribution in [-0.2, 0) is 23.0 Å². The zero-order valence-corrected chi connectivity index (χ0v) is 8.13. The first-order valence-electron chi connectivity index (χ1n) is 4.09. The first-order valence-corrected chi connectivity index (χ1v) is 5.63. The summed E-state index contributed by atoms with van der Waals surface area (Å²) in [4.78, 5) is 4.16. The highest BCUT2D eigenvalue weighted by Crippen LogP contribution is 2.22. The van der Waals surface area contributed by atoms with Crippen LogP contribution >= 0.6 is 0 Å². The standard InChI is InChI=1S/C7H11N3O2S/c1-5-7(13(8,11)12)10-4-2-3-6(10)9-5/h2-4H2,1H3,(H2,8,11,12). The third-order valence-corrected chi connectivity index (χ3v) is 3.27. The minimum atomic E-state index is -3.61. The van der Waals surface area contributed by atoms with Crippen LogP contribution in [0.3, 0.4) is 0 Å².